The van der Waals surface area contributed by atoms with Crippen molar-refractivity contribution in [2.24, 2.45) is 0 Å². The molecule has 0 saturated heterocycles. The van der Waals surface area contributed by atoms with E-state index in [-0.39, 0.29) is 35.3 Å². The van der Waals surface area contributed by atoms with Crippen LogP contribution in [0.2, 0.25) is 0 Å². The normalized spacial score (nSPS) is 6.73. The quantitative estimate of drug-likeness (QED) is 0.367. The van der Waals surface area contributed by atoms with Gasteiger partial charge in [-0.1, -0.05) is 0 Å². The number of hydrogen-bond acceptors (Lipinski definition) is 6. The fourth-order valence-electron chi connectivity index (χ4n) is 0.180. The number of nitrogens with zero attached hydrogens (tertiary/aromatic N) is 2. The summed E-state index contributed by atoms with van der Waals surface area (Å²) in [6, 6.07) is 0. The Hall–Kier alpha value is 0.150. The van der Waals surface area contributed by atoms with Crippen LogP contribution in [0.15, 0.2) is 0 Å². The van der Waals surface area contributed by atoms with Crippen LogP contribution in [0.1, 0.15) is 0 Å². The van der Waals surface area contributed by atoms with Gasteiger partial charge in [0.05, 0.1) is 0 Å². The molecule has 4 nitrogen and oxygen atoms in total. The zero-order valence-electron chi connectivity index (χ0n) is 4.73. The second-order valence-electron chi connectivity index (χ2n) is 1.01. The van der Waals surface area contributed by atoms with Gasteiger partial charge in [0.2, 0.25) is 0 Å². The van der Waals surface area contributed by atoms with Gasteiger partial charge in [0.25, 0.3) is 0 Å². The molecule has 0 aromatic heterocycles. The number of nitriles is 2. The summed E-state index contributed by atoms with van der Waals surface area (Å²) in [5, 5.41) is 19.1. The van der Waals surface area contributed by atoms with Crippen molar-refractivity contribution < 1.29 is 8.98 Å². The minimum absolute atomic E-state index is 0. The Balaban J connectivity index is 0. The Bertz CT molecular complexity index is 177. The summed E-state index contributed by atoms with van der Waals surface area (Å²) < 4.78 is 4.24. The van der Waals surface area contributed by atoms with Gasteiger partial charge in [0.1, 0.15) is 11.2 Å². The van der Waals surface area contributed by atoms with Crippen molar-refractivity contribution in [3.8, 4) is 10.8 Å². The molecule has 54 valence electrons. The van der Waals surface area contributed by atoms with Crippen molar-refractivity contribution in [1.82, 2.24) is 0 Å². The van der Waals surface area contributed by atoms with Gasteiger partial charge in [-0.15, -0.1) is 0 Å². The first-order valence-corrected chi connectivity index (χ1v) is 3.80. The average Bonchev–Trinajstić information content (AvgIpc) is 1.97. The van der Waals surface area contributed by atoms with Crippen LogP contribution in [-0.4, -0.2) is 41.3 Å². The van der Waals surface area contributed by atoms with Gasteiger partial charge in [0.15, 0.2) is 17.4 Å². The first-order chi connectivity index (χ1) is 4.81. The van der Waals surface area contributed by atoms with Crippen LogP contribution in [0.5, 0.6) is 0 Å². The van der Waals surface area contributed by atoms with E-state index < -0.39 is 5.97 Å². The van der Waals surface area contributed by atoms with Gasteiger partial charge in [-0.2, -0.15) is 10.5 Å². The molecule has 0 N–H and O–H groups in total. The summed E-state index contributed by atoms with van der Waals surface area (Å²) in [6.45, 7) is 0. The van der Waals surface area contributed by atoms with Gasteiger partial charge in [-0.05, 0) is 11.8 Å². The van der Waals surface area contributed by atoms with E-state index in [2.05, 4.69) is 4.18 Å². The standard InChI is InChI=1S/C4H2N2O2S2.Na.H/c5-2-9-1-4(7)8-10-3-6;;/h1H2;;. The molecule has 0 aliphatic carbocycles. The van der Waals surface area contributed by atoms with E-state index in [1.807, 2.05) is 0 Å². The number of rotatable bonds is 3. The van der Waals surface area contributed by atoms with Crippen molar-refractivity contribution in [1.29, 1.82) is 10.5 Å². The Morgan fingerprint density at radius 1 is 1.45 bits per heavy atom. The molecule has 0 unspecified atom stereocenters. The zero-order chi connectivity index (χ0) is 7.82. The number of thiocyanates is 2. The third-order valence-corrected chi connectivity index (χ3v) is 1.28. The van der Waals surface area contributed by atoms with Crippen molar-refractivity contribution in [2.75, 3.05) is 5.75 Å². The Morgan fingerprint density at radius 3 is 2.55 bits per heavy atom. The van der Waals surface area contributed by atoms with E-state index >= 15 is 0 Å². The van der Waals surface area contributed by atoms with Gasteiger partial charge in [-0.3, -0.25) is 4.79 Å². The second-order valence-corrected chi connectivity index (χ2v) is 2.29. The monoisotopic (exact) mass is 198 g/mol. The van der Waals surface area contributed by atoms with Crippen LogP contribution < -0.4 is 0 Å². The molecule has 0 radical (unpaired) electrons. The molecule has 0 rings (SSSR count). The van der Waals surface area contributed by atoms with Gasteiger partial charge in [0, 0.05) is 0 Å². The van der Waals surface area contributed by atoms with Crippen molar-refractivity contribution >= 4 is 59.3 Å². The van der Waals surface area contributed by atoms with Crippen molar-refractivity contribution in [3.05, 3.63) is 0 Å². The summed E-state index contributed by atoms with van der Waals surface area (Å²) >= 11 is 1.17. The molecule has 0 aliphatic heterocycles. The Morgan fingerprint density at radius 2 is 2.09 bits per heavy atom. The molecule has 7 heteroatoms. The second kappa shape index (κ2) is 10.2. The van der Waals surface area contributed by atoms with Crippen LogP contribution >= 0.6 is 23.8 Å². The third kappa shape index (κ3) is 10.2. The predicted octanol–water partition coefficient (Wildman–Crippen LogP) is 0.225. The van der Waals surface area contributed by atoms with Crippen LogP contribution in [0.3, 0.4) is 0 Å². The molecule has 0 saturated carbocycles. The van der Waals surface area contributed by atoms with Crippen LogP contribution in [0.25, 0.3) is 0 Å². The fraction of sp³-hybridized carbons (Fsp3) is 0.250. The maximum atomic E-state index is 10.4. The Labute approximate surface area is 94.8 Å². The Kier molecular flexibility index (Phi) is 12.7. The summed E-state index contributed by atoms with van der Waals surface area (Å²) in [4.78, 5) is 10.4. The fourth-order valence-corrected chi connectivity index (χ4v) is 0.685. The molecular formula is C4H3N2NaO2S2. The predicted molar refractivity (Wildman–Crippen MR) is 44.5 cm³/mol. The summed E-state index contributed by atoms with van der Waals surface area (Å²) in [6.07, 6.45) is 0. The van der Waals surface area contributed by atoms with E-state index in [0.717, 1.165) is 11.8 Å². The summed E-state index contributed by atoms with van der Waals surface area (Å²) in [5.41, 5.74) is 0. The van der Waals surface area contributed by atoms with Gasteiger partial charge < -0.3 is 4.18 Å². The van der Waals surface area contributed by atoms with E-state index in [1.165, 1.54) is 0 Å². The van der Waals surface area contributed by atoms with E-state index in [9.17, 15) is 4.79 Å². The summed E-state index contributed by atoms with van der Waals surface area (Å²) in [7, 11) is 0. The van der Waals surface area contributed by atoms with Gasteiger partial charge in [-0.25, -0.2) is 0 Å². The van der Waals surface area contributed by atoms with E-state index in [4.69, 9.17) is 10.5 Å². The molecule has 0 bridgehead atoms. The van der Waals surface area contributed by atoms with E-state index in [1.54, 1.807) is 10.8 Å². The van der Waals surface area contributed by atoms with Gasteiger partial charge >= 0.3 is 35.5 Å². The van der Waals surface area contributed by atoms with Crippen LogP contribution in [-0.2, 0) is 8.98 Å². The first-order valence-electron chi connectivity index (χ1n) is 2.07. The van der Waals surface area contributed by atoms with Crippen molar-refractivity contribution in [2.45, 2.75) is 0 Å². The molecule has 0 fully saturated rings. The maximum absolute atomic E-state index is 10.4. The van der Waals surface area contributed by atoms with E-state index in [0.29, 0.717) is 12.0 Å². The molecule has 0 amide bonds. The number of carbonyl (C=O) groups is 1. The molecule has 11 heavy (non-hydrogen) atoms. The molecule has 0 heterocycles. The number of hydrogen-bond donors (Lipinski definition) is 0. The zero-order valence-corrected chi connectivity index (χ0v) is 6.37. The minimum atomic E-state index is -0.571. The third-order valence-electron chi connectivity index (χ3n) is 0.426. The SMILES string of the molecule is N#CSCC(=O)OSC#N.[NaH]. The van der Waals surface area contributed by atoms with Crippen LogP contribution in [0, 0.1) is 21.3 Å². The number of carbonyl (C=O) groups excluding carboxylic acids is 1. The number of thioether (sulfide) groups is 1. The summed E-state index contributed by atoms with van der Waals surface area (Å²) in [5.74, 6) is -0.608. The molecule has 0 spiro atoms. The molecule has 0 aromatic carbocycles. The molecular weight excluding hydrogens is 195 g/mol. The van der Waals surface area contributed by atoms with Crippen molar-refractivity contribution in [3.63, 3.8) is 0 Å². The average molecular weight is 198 g/mol. The first kappa shape index (κ1) is 13.7. The molecule has 0 atom stereocenters. The molecule has 0 aliphatic rings. The molecule has 0 aromatic rings. The topological polar surface area (TPSA) is 73.9 Å². The van der Waals surface area contributed by atoms with Crippen LogP contribution in [0.4, 0.5) is 0 Å².